The topological polar surface area (TPSA) is 153 Å². The number of ether oxygens (including phenoxy) is 5. The average molecular weight is 405 g/mol. The van der Waals surface area contributed by atoms with Crippen LogP contribution in [0.15, 0.2) is 0 Å². The molecular weight excluding hydrogens is 382 g/mol. The van der Waals surface area contributed by atoms with Crippen LogP contribution in [-0.4, -0.2) is 67.1 Å². The Morgan fingerprint density at radius 1 is 0.750 bits per heavy atom. The third-order valence-electron chi connectivity index (χ3n) is 3.27. The maximum atomic E-state index is 11.6. The zero-order valence-corrected chi connectivity index (χ0v) is 16.1. The van der Waals surface area contributed by atoms with Gasteiger partial charge in [-0.05, 0) is 0 Å². The van der Waals surface area contributed by atoms with Crippen LogP contribution in [0.3, 0.4) is 0 Å². The fourth-order valence-corrected chi connectivity index (χ4v) is 2.42. The molecule has 1 heterocycles. The highest BCUT2D eigenvalue weighted by Crippen LogP contribution is 2.29. The molecule has 0 spiro atoms. The van der Waals surface area contributed by atoms with E-state index < -0.39 is 67.1 Å². The van der Waals surface area contributed by atoms with Gasteiger partial charge < -0.3 is 23.7 Å². The molecule has 1 N–H and O–H groups in total. The molecule has 1 fully saturated rings. The highest BCUT2D eigenvalue weighted by atomic mass is 16.8. The van der Waals surface area contributed by atoms with Crippen LogP contribution in [0.2, 0.25) is 0 Å². The Morgan fingerprint density at radius 2 is 1.25 bits per heavy atom. The second-order valence-electron chi connectivity index (χ2n) is 5.84. The van der Waals surface area contributed by atoms with Crippen LogP contribution in [0, 0.1) is 0 Å². The first-order valence-corrected chi connectivity index (χ1v) is 8.24. The number of amides is 1. The lowest BCUT2D eigenvalue weighted by Gasteiger charge is -2.43. The minimum atomic E-state index is -1.45. The summed E-state index contributed by atoms with van der Waals surface area (Å²) in [4.78, 5) is 62.0. The molecule has 158 valence electrons. The van der Waals surface area contributed by atoms with Crippen molar-refractivity contribution in [3.8, 4) is 0 Å². The maximum Gasteiger partial charge on any atom is 0.303 e. The van der Waals surface area contributed by atoms with Crippen molar-refractivity contribution in [2.24, 2.45) is 0 Å². The Morgan fingerprint density at radius 3 is 1.71 bits per heavy atom. The van der Waals surface area contributed by atoms with E-state index in [0.29, 0.717) is 0 Å². The van der Waals surface area contributed by atoms with Crippen molar-refractivity contribution >= 4 is 29.8 Å². The molecule has 0 aromatic rings. The summed E-state index contributed by atoms with van der Waals surface area (Å²) in [6, 6.07) is 0. The second kappa shape index (κ2) is 10.6. The zero-order valence-electron chi connectivity index (χ0n) is 16.1. The first kappa shape index (κ1) is 23.3. The normalized spacial score (nSPS) is 26.5. The molecule has 5 atom stereocenters. The van der Waals surface area contributed by atoms with E-state index in [9.17, 15) is 24.0 Å². The van der Waals surface area contributed by atoms with E-state index in [4.69, 9.17) is 28.5 Å². The van der Waals surface area contributed by atoms with Crippen molar-refractivity contribution in [3.63, 3.8) is 0 Å². The van der Waals surface area contributed by atoms with Crippen LogP contribution in [0.25, 0.3) is 0 Å². The van der Waals surface area contributed by atoms with E-state index in [1.807, 2.05) is 5.48 Å². The van der Waals surface area contributed by atoms with Gasteiger partial charge in [0.1, 0.15) is 12.7 Å². The van der Waals surface area contributed by atoms with Gasteiger partial charge in [0.2, 0.25) is 12.2 Å². The van der Waals surface area contributed by atoms with E-state index in [-0.39, 0.29) is 0 Å². The molecule has 1 aliphatic rings. The number of esters is 4. The number of hydrogen-bond acceptors (Lipinski definition) is 11. The van der Waals surface area contributed by atoms with Gasteiger partial charge in [-0.15, -0.1) is 0 Å². The molecule has 1 amide bonds. The summed E-state index contributed by atoms with van der Waals surface area (Å²) in [7, 11) is 0. The van der Waals surface area contributed by atoms with Gasteiger partial charge >= 0.3 is 23.9 Å². The molecule has 1 saturated heterocycles. The van der Waals surface area contributed by atoms with Gasteiger partial charge in [0.15, 0.2) is 18.3 Å². The minimum absolute atomic E-state index is 0.391. The lowest BCUT2D eigenvalue weighted by atomic mass is 9.98. The molecule has 0 saturated carbocycles. The number of carbonyl (C=O) groups excluding carboxylic acids is 5. The fraction of sp³-hybridized carbons (Fsp3) is 0.688. The number of carbonyl (C=O) groups is 5. The fourth-order valence-electron chi connectivity index (χ4n) is 2.42. The van der Waals surface area contributed by atoms with Crippen molar-refractivity contribution in [1.82, 2.24) is 5.48 Å². The SMILES string of the molecule is CC(=O)NO[C@@H]1O[C@H](COC(C)=O)[C@@H](OC(C)=O)[C@H](OC(C)=O)[C@H]1OC(C)=O. The van der Waals surface area contributed by atoms with Gasteiger partial charge in [-0.2, -0.15) is 0 Å². The predicted octanol–water partition coefficient (Wildman–Crippen LogP) is -0.863. The monoisotopic (exact) mass is 405 g/mol. The van der Waals surface area contributed by atoms with E-state index in [0.717, 1.165) is 34.6 Å². The highest BCUT2D eigenvalue weighted by molar-refractivity contribution is 5.71. The number of nitrogens with one attached hydrogen (secondary N) is 1. The van der Waals surface area contributed by atoms with Crippen LogP contribution >= 0.6 is 0 Å². The summed E-state index contributed by atoms with van der Waals surface area (Å²) in [6.07, 6.45) is -6.65. The molecule has 0 aromatic heterocycles. The van der Waals surface area contributed by atoms with E-state index in [1.54, 1.807) is 0 Å². The Balaban J connectivity index is 3.26. The lowest BCUT2D eigenvalue weighted by Crippen LogP contribution is -2.63. The largest absolute Gasteiger partial charge is 0.463 e. The maximum absolute atomic E-state index is 11.6. The van der Waals surface area contributed by atoms with Crippen molar-refractivity contribution in [2.75, 3.05) is 6.61 Å². The van der Waals surface area contributed by atoms with Crippen molar-refractivity contribution in [1.29, 1.82) is 0 Å². The first-order chi connectivity index (χ1) is 13.0. The summed E-state index contributed by atoms with van der Waals surface area (Å²) in [5.74, 6) is -3.53. The van der Waals surface area contributed by atoms with Gasteiger partial charge in [-0.1, -0.05) is 0 Å². The van der Waals surface area contributed by atoms with Crippen molar-refractivity contribution < 1.29 is 52.5 Å². The Hall–Kier alpha value is -2.73. The predicted molar refractivity (Wildman–Crippen MR) is 86.9 cm³/mol. The highest BCUT2D eigenvalue weighted by Gasteiger charge is 2.53. The molecule has 12 heteroatoms. The van der Waals surface area contributed by atoms with Gasteiger partial charge in [0.05, 0.1) is 0 Å². The molecule has 28 heavy (non-hydrogen) atoms. The Labute approximate surface area is 160 Å². The zero-order chi connectivity index (χ0) is 21.4. The summed E-state index contributed by atoms with van der Waals surface area (Å²) in [5, 5.41) is 0. The third kappa shape index (κ3) is 7.48. The summed E-state index contributed by atoms with van der Waals surface area (Å²) in [5.41, 5.74) is 2.02. The standard InChI is InChI=1S/C16H23NO11/c1-7(18)17-28-16-15(26-11(5)22)14(25-10(4)21)13(24-9(3)20)12(27-16)6-23-8(2)19/h12-16H,6H2,1-5H3,(H,17,18)/t12-,13-,14+,15-,16+/m1/s1. The van der Waals surface area contributed by atoms with Crippen LogP contribution in [0.5, 0.6) is 0 Å². The summed E-state index contributed by atoms with van der Waals surface area (Å²) in [6.45, 7) is 5.21. The number of hydroxylamine groups is 1. The van der Waals surface area contributed by atoms with E-state index in [1.165, 1.54) is 0 Å². The average Bonchev–Trinajstić information content (AvgIpc) is 2.54. The van der Waals surface area contributed by atoms with Crippen LogP contribution < -0.4 is 5.48 Å². The molecule has 0 bridgehead atoms. The third-order valence-corrected chi connectivity index (χ3v) is 3.27. The van der Waals surface area contributed by atoms with Gasteiger partial charge in [-0.25, -0.2) is 10.3 Å². The molecule has 0 radical (unpaired) electrons. The van der Waals surface area contributed by atoms with Crippen LogP contribution in [0.4, 0.5) is 0 Å². The molecule has 12 nitrogen and oxygen atoms in total. The Kier molecular flexibility index (Phi) is 8.79. The molecule has 0 aromatic carbocycles. The Bertz CT molecular complexity index is 576. The van der Waals surface area contributed by atoms with E-state index in [2.05, 4.69) is 0 Å². The smallest absolute Gasteiger partial charge is 0.303 e. The summed E-state index contributed by atoms with van der Waals surface area (Å²) >= 11 is 0. The van der Waals surface area contributed by atoms with Crippen LogP contribution in [-0.2, 0) is 52.5 Å². The number of hydrogen-bond donors (Lipinski definition) is 1. The molecular formula is C16H23NO11. The molecule has 1 rings (SSSR count). The van der Waals surface area contributed by atoms with Gasteiger partial charge in [0.25, 0.3) is 0 Å². The molecule has 0 aliphatic carbocycles. The minimum Gasteiger partial charge on any atom is -0.463 e. The lowest BCUT2D eigenvalue weighted by molar-refractivity contribution is -0.318. The van der Waals surface area contributed by atoms with Crippen molar-refractivity contribution in [2.45, 2.75) is 65.3 Å². The molecule has 0 unspecified atom stereocenters. The van der Waals surface area contributed by atoms with Gasteiger partial charge in [0, 0.05) is 34.6 Å². The first-order valence-electron chi connectivity index (χ1n) is 8.24. The van der Waals surface area contributed by atoms with E-state index >= 15 is 0 Å². The number of rotatable bonds is 7. The second-order valence-corrected chi connectivity index (χ2v) is 5.84. The van der Waals surface area contributed by atoms with Crippen LogP contribution in [0.1, 0.15) is 34.6 Å². The van der Waals surface area contributed by atoms with Gasteiger partial charge in [-0.3, -0.25) is 24.0 Å². The quantitative estimate of drug-likeness (QED) is 0.320. The summed E-state index contributed by atoms with van der Waals surface area (Å²) < 4.78 is 25.9. The van der Waals surface area contributed by atoms with Crippen molar-refractivity contribution in [3.05, 3.63) is 0 Å². The molecule has 1 aliphatic heterocycles.